The van der Waals surface area contributed by atoms with E-state index in [0.717, 1.165) is 33.0 Å². The van der Waals surface area contributed by atoms with Gasteiger partial charge in [-0.15, -0.1) is 0 Å². The van der Waals surface area contributed by atoms with Crippen molar-refractivity contribution in [3.05, 3.63) is 141 Å². The summed E-state index contributed by atoms with van der Waals surface area (Å²) in [5, 5.41) is 7.96. The monoisotopic (exact) mass is 693 g/mol. The molecule has 0 saturated heterocycles. The van der Waals surface area contributed by atoms with Gasteiger partial charge in [-0.2, -0.15) is 0 Å². The lowest BCUT2D eigenvalue weighted by Gasteiger charge is -2.23. The van der Waals surface area contributed by atoms with Gasteiger partial charge in [-0.1, -0.05) is 102 Å². The molecule has 0 saturated carbocycles. The van der Waals surface area contributed by atoms with Gasteiger partial charge in [0.15, 0.2) is 5.78 Å². The Kier molecular flexibility index (Phi) is 10.6. The molecule has 248 valence electrons. The number of amides is 3. The molecule has 0 atom stereocenters. The van der Waals surface area contributed by atoms with E-state index in [1.165, 1.54) is 4.90 Å². The first-order valence-corrected chi connectivity index (χ1v) is 16.6. The fraction of sp³-hybridized carbons (Fsp3) is 0.179. The number of carbonyl (C=O) groups is 4. The van der Waals surface area contributed by atoms with Crippen molar-refractivity contribution in [2.24, 2.45) is 0 Å². The van der Waals surface area contributed by atoms with Gasteiger partial charge in [0.25, 0.3) is 5.91 Å². The molecule has 0 spiro atoms. The summed E-state index contributed by atoms with van der Waals surface area (Å²) in [6.45, 7) is -0.299. The molecule has 1 aliphatic carbocycles. The lowest BCUT2D eigenvalue weighted by atomic mass is 9.98. The number of nitrogens with one attached hydrogen (secondary N) is 2. The lowest BCUT2D eigenvalue weighted by molar-refractivity contribution is -0.131. The van der Waals surface area contributed by atoms with E-state index in [1.807, 2.05) is 66.7 Å². The maximum atomic E-state index is 13.4. The second-order valence-electron chi connectivity index (χ2n) is 11.8. The average molecular weight is 695 g/mol. The lowest BCUT2D eigenvalue weighted by Crippen LogP contribution is -2.41. The van der Waals surface area contributed by atoms with Gasteiger partial charge in [0.05, 0.1) is 6.54 Å². The number of ketones is 1. The molecule has 0 aromatic heterocycles. The van der Waals surface area contributed by atoms with Crippen molar-refractivity contribution in [3.63, 3.8) is 0 Å². The van der Waals surface area contributed by atoms with Crippen LogP contribution in [0.5, 0.6) is 0 Å². The summed E-state index contributed by atoms with van der Waals surface area (Å²) in [7, 11) is 0. The van der Waals surface area contributed by atoms with Crippen LogP contribution in [0, 0.1) is 0 Å². The molecule has 0 fully saturated rings. The predicted octanol–water partition coefficient (Wildman–Crippen LogP) is 7.40. The quantitative estimate of drug-likeness (QED) is 0.142. The van der Waals surface area contributed by atoms with Crippen LogP contribution in [0.1, 0.15) is 39.4 Å². The van der Waals surface area contributed by atoms with Crippen molar-refractivity contribution in [2.45, 2.75) is 18.9 Å². The normalized spacial score (nSPS) is 11.8. The molecule has 5 aromatic rings. The number of nitrogens with zero attached hydrogens (tertiary/aromatic N) is 1. The third-order valence-electron chi connectivity index (χ3n) is 8.49. The van der Waals surface area contributed by atoms with E-state index in [4.69, 9.17) is 27.9 Å². The third kappa shape index (κ3) is 8.28. The number of Topliss-reactive ketones (excluding diaryl/α,β-unsaturated/α-hetero) is 1. The number of alkyl carbamates (subject to hydrolysis) is 1. The number of hydrogen-bond acceptors (Lipinski definition) is 5. The summed E-state index contributed by atoms with van der Waals surface area (Å²) in [6, 6.07) is 34.0. The molecule has 1 aliphatic rings. The summed E-state index contributed by atoms with van der Waals surface area (Å²) in [5.74, 6) is -1.18. The van der Waals surface area contributed by atoms with Crippen molar-refractivity contribution in [3.8, 4) is 11.1 Å². The highest BCUT2D eigenvalue weighted by atomic mass is 35.5. The zero-order valence-electron chi connectivity index (χ0n) is 26.5. The van der Waals surface area contributed by atoms with E-state index in [9.17, 15) is 19.2 Å². The van der Waals surface area contributed by atoms with E-state index < -0.39 is 12.0 Å². The van der Waals surface area contributed by atoms with Crippen LogP contribution in [-0.4, -0.2) is 54.8 Å². The van der Waals surface area contributed by atoms with Crippen LogP contribution in [0.25, 0.3) is 21.9 Å². The summed E-state index contributed by atoms with van der Waals surface area (Å²) < 4.78 is 5.58. The van der Waals surface area contributed by atoms with Crippen LogP contribution >= 0.6 is 23.2 Å². The van der Waals surface area contributed by atoms with Crippen molar-refractivity contribution in [1.29, 1.82) is 0 Å². The van der Waals surface area contributed by atoms with Crippen LogP contribution in [0.3, 0.4) is 0 Å². The summed E-state index contributed by atoms with van der Waals surface area (Å²) >= 11 is 12.4. The highest BCUT2D eigenvalue weighted by Crippen LogP contribution is 2.44. The first kappa shape index (κ1) is 33.7. The summed E-state index contributed by atoms with van der Waals surface area (Å²) in [5.41, 5.74) is 5.49. The van der Waals surface area contributed by atoms with Crippen LogP contribution in [0.2, 0.25) is 10.0 Å². The number of hydrogen-bond donors (Lipinski definition) is 2. The predicted molar refractivity (Wildman–Crippen MR) is 191 cm³/mol. The molecule has 8 nitrogen and oxygen atoms in total. The van der Waals surface area contributed by atoms with Gasteiger partial charge in [0, 0.05) is 41.0 Å². The van der Waals surface area contributed by atoms with E-state index in [0.29, 0.717) is 21.2 Å². The molecule has 2 N–H and O–H groups in total. The van der Waals surface area contributed by atoms with Gasteiger partial charge < -0.3 is 20.3 Å². The van der Waals surface area contributed by atoms with E-state index in [2.05, 4.69) is 22.8 Å². The van der Waals surface area contributed by atoms with E-state index in [1.54, 1.807) is 30.3 Å². The zero-order chi connectivity index (χ0) is 34.3. The van der Waals surface area contributed by atoms with E-state index >= 15 is 0 Å². The van der Waals surface area contributed by atoms with Gasteiger partial charge in [-0.05, 0) is 68.9 Å². The molecule has 3 amide bonds. The largest absolute Gasteiger partial charge is 0.449 e. The molecule has 6 rings (SSSR count). The Bertz CT molecular complexity index is 1980. The van der Waals surface area contributed by atoms with Crippen molar-refractivity contribution in [2.75, 3.05) is 26.2 Å². The Morgan fingerprint density at radius 2 is 1.33 bits per heavy atom. The van der Waals surface area contributed by atoms with Crippen molar-refractivity contribution < 1.29 is 23.9 Å². The molecule has 0 bridgehead atoms. The Hall–Kier alpha value is -5.18. The number of carbonyl (C=O) groups excluding carboxylic acids is 4. The topological polar surface area (TPSA) is 105 Å². The molecule has 49 heavy (non-hydrogen) atoms. The molecular weight excluding hydrogens is 661 g/mol. The molecule has 5 aromatic carbocycles. The second-order valence-corrected chi connectivity index (χ2v) is 12.7. The first-order valence-electron chi connectivity index (χ1n) is 15.9. The fourth-order valence-corrected chi connectivity index (χ4v) is 6.65. The summed E-state index contributed by atoms with van der Waals surface area (Å²) in [6.07, 6.45) is -0.753. The van der Waals surface area contributed by atoms with Crippen molar-refractivity contribution >= 4 is 57.7 Å². The SMILES string of the molecule is O=C(CCN(Cc1cc(Cl)cc(Cl)c1)C(=O)CNC(=O)OCC1c2ccccc2-c2ccccc21)CNC(=O)c1ccc2ccccc2c1. The number of fused-ring (bicyclic) bond motifs is 4. The molecule has 10 heteroatoms. The fourth-order valence-electron chi connectivity index (χ4n) is 6.08. The smallest absolute Gasteiger partial charge is 0.407 e. The molecule has 0 heterocycles. The number of ether oxygens (including phenoxy) is 1. The highest BCUT2D eigenvalue weighted by Gasteiger charge is 2.29. The Morgan fingerprint density at radius 3 is 2.02 bits per heavy atom. The second kappa shape index (κ2) is 15.4. The molecule has 0 aliphatic heterocycles. The maximum Gasteiger partial charge on any atom is 0.407 e. The van der Waals surface area contributed by atoms with Gasteiger partial charge in [0.1, 0.15) is 13.2 Å². The van der Waals surface area contributed by atoms with Gasteiger partial charge in [-0.25, -0.2) is 4.79 Å². The molecular formula is C39H33Cl2N3O5. The van der Waals surface area contributed by atoms with Gasteiger partial charge in [-0.3, -0.25) is 14.4 Å². The standard InChI is InChI=1S/C39H33Cl2N3O5/c40-29-17-25(18-30(41)20-29)23-44(16-15-31(45)21-42-38(47)28-14-13-26-7-1-2-8-27(26)19-28)37(46)22-43-39(48)49-24-36-34-11-5-3-9-32(34)33-10-4-6-12-35(33)36/h1-14,17-20,36H,15-16,21-24H2,(H,42,47)(H,43,48). The van der Waals surface area contributed by atoms with Crippen LogP contribution in [0.15, 0.2) is 109 Å². The number of rotatable bonds is 12. The van der Waals surface area contributed by atoms with Crippen LogP contribution in [0.4, 0.5) is 4.79 Å². The van der Waals surface area contributed by atoms with Gasteiger partial charge in [0.2, 0.25) is 5.91 Å². The number of halogens is 2. The van der Waals surface area contributed by atoms with Crippen LogP contribution < -0.4 is 10.6 Å². The molecule has 0 unspecified atom stereocenters. The van der Waals surface area contributed by atoms with E-state index in [-0.39, 0.29) is 56.8 Å². The average Bonchev–Trinajstić information content (AvgIpc) is 3.43. The van der Waals surface area contributed by atoms with Crippen molar-refractivity contribution in [1.82, 2.24) is 15.5 Å². The minimum absolute atomic E-state index is 0.0248. The maximum absolute atomic E-state index is 13.4. The van der Waals surface area contributed by atoms with Crippen LogP contribution in [-0.2, 0) is 20.9 Å². The highest BCUT2D eigenvalue weighted by molar-refractivity contribution is 6.34. The Morgan fingerprint density at radius 1 is 0.694 bits per heavy atom. The minimum atomic E-state index is -0.728. The summed E-state index contributed by atoms with van der Waals surface area (Å²) in [4.78, 5) is 53.2. The third-order valence-corrected chi connectivity index (χ3v) is 8.93. The Balaban J connectivity index is 1.04. The Labute approximate surface area is 294 Å². The first-order chi connectivity index (χ1) is 23.7. The van der Waals surface area contributed by atoms with Gasteiger partial charge >= 0.3 is 6.09 Å². The number of benzene rings is 5. The minimum Gasteiger partial charge on any atom is -0.449 e. The zero-order valence-corrected chi connectivity index (χ0v) is 28.0. The molecule has 0 radical (unpaired) electrons.